The van der Waals surface area contributed by atoms with Gasteiger partial charge in [-0.2, -0.15) is 0 Å². The Morgan fingerprint density at radius 2 is 1.90 bits per heavy atom. The van der Waals surface area contributed by atoms with Gasteiger partial charge in [0.05, 0.1) is 17.2 Å². The van der Waals surface area contributed by atoms with Gasteiger partial charge in [0.25, 0.3) is 0 Å². The molecular formula is C28H26F4N4O4. The number of pyridine rings is 2. The minimum absolute atomic E-state index is 0.0492. The highest BCUT2D eigenvalue weighted by Crippen LogP contribution is 2.34. The number of hydrogen-bond acceptors (Lipinski definition) is 7. The number of alkyl halides is 3. The molecule has 0 bridgehead atoms. The molecule has 8 nitrogen and oxygen atoms in total. The van der Waals surface area contributed by atoms with E-state index in [2.05, 4.69) is 19.9 Å². The molecule has 0 unspecified atom stereocenters. The summed E-state index contributed by atoms with van der Waals surface area (Å²) < 4.78 is 60.2. The molecule has 0 aliphatic carbocycles. The highest BCUT2D eigenvalue weighted by molar-refractivity contribution is 6.11. The van der Waals surface area contributed by atoms with E-state index in [4.69, 9.17) is 9.72 Å². The summed E-state index contributed by atoms with van der Waals surface area (Å²) in [6.45, 7) is 2.84. The van der Waals surface area contributed by atoms with Crippen molar-refractivity contribution >= 4 is 33.5 Å². The second-order valence-electron chi connectivity index (χ2n) is 9.49. The molecule has 4 aromatic rings. The minimum atomic E-state index is -4.94. The minimum Gasteiger partial charge on any atom is -0.478 e. The van der Waals surface area contributed by atoms with Gasteiger partial charge in [0.2, 0.25) is 0 Å². The summed E-state index contributed by atoms with van der Waals surface area (Å²) in [6, 6.07) is 10.2. The molecule has 1 aliphatic rings. The van der Waals surface area contributed by atoms with E-state index in [-0.39, 0.29) is 11.7 Å². The zero-order valence-corrected chi connectivity index (χ0v) is 21.2. The normalized spacial score (nSPS) is 14.1. The van der Waals surface area contributed by atoms with Crippen LogP contribution < -0.4 is 15.0 Å². The smallest absolute Gasteiger partial charge is 0.478 e. The van der Waals surface area contributed by atoms with E-state index >= 15 is 0 Å². The van der Waals surface area contributed by atoms with Crippen molar-refractivity contribution in [3.05, 3.63) is 71.8 Å². The maximum absolute atomic E-state index is 13.8. The first-order valence-electron chi connectivity index (χ1n) is 12.7. The molecule has 1 fully saturated rings. The molecule has 1 aliphatic heterocycles. The second kappa shape index (κ2) is 11.6. The molecule has 0 radical (unpaired) electrons. The lowest BCUT2D eigenvalue weighted by Gasteiger charge is -2.40. The number of aromatic nitrogens is 2. The standard InChI is InChI=1S/C28H26F4N4O4/c29-23-11-17(3-6-25(23)40-28(30,31)32)13-33-8-1-2-10-39-19-15-36(16-19)26-21-7-9-34-14-22(21)20-5-4-18(27(37)38)12-24(20)35-26/h3-7,9,11-12,14,19,33H,1-2,8,10,13,15-16H2,(H,37,38). The van der Waals surface area contributed by atoms with Crippen molar-refractivity contribution in [1.82, 2.24) is 15.3 Å². The summed E-state index contributed by atoms with van der Waals surface area (Å²) >= 11 is 0. The van der Waals surface area contributed by atoms with Gasteiger partial charge in [0.1, 0.15) is 5.82 Å². The molecule has 1 saturated heterocycles. The van der Waals surface area contributed by atoms with Crippen molar-refractivity contribution in [1.29, 1.82) is 0 Å². The molecule has 210 valence electrons. The summed E-state index contributed by atoms with van der Waals surface area (Å²) in [7, 11) is 0. The van der Waals surface area contributed by atoms with Crippen LogP contribution in [0.3, 0.4) is 0 Å². The predicted octanol–water partition coefficient (Wildman–Crippen LogP) is 5.29. The highest BCUT2D eigenvalue weighted by Gasteiger charge is 2.32. The lowest BCUT2D eigenvalue weighted by Crippen LogP contribution is -2.52. The van der Waals surface area contributed by atoms with Crippen LogP contribution in [0.1, 0.15) is 28.8 Å². The molecule has 40 heavy (non-hydrogen) atoms. The van der Waals surface area contributed by atoms with Crippen molar-refractivity contribution in [2.45, 2.75) is 31.9 Å². The third-order valence-electron chi connectivity index (χ3n) is 6.62. The quantitative estimate of drug-likeness (QED) is 0.146. The highest BCUT2D eigenvalue weighted by atomic mass is 19.4. The van der Waals surface area contributed by atoms with Crippen LogP contribution in [0.25, 0.3) is 21.7 Å². The number of ether oxygens (including phenoxy) is 2. The van der Waals surface area contributed by atoms with Crippen molar-refractivity contribution in [3.63, 3.8) is 0 Å². The molecule has 3 heterocycles. The second-order valence-corrected chi connectivity index (χ2v) is 9.49. The molecule has 0 atom stereocenters. The fraction of sp³-hybridized carbons (Fsp3) is 0.321. The number of benzene rings is 2. The number of hydrogen-bond donors (Lipinski definition) is 2. The fourth-order valence-electron chi connectivity index (χ4n) is 4.62. The van der Waals surface area contributed by atoms with Crippen LogP contribution in [0.5, 0.6) is 5.75 Å². The third-order valence-corrected chi connectivity index (χ3v) is 6.62. The first kappa shape index (κ1) is 27.5. The summed E-state index contributed by atoms with van der Waals surface area (Å²) in [5, 5.41) is 15.2. The number of anilines is 1. The Morgan fingerprint density at radius 3 is 2.65 bits per heavy atom. The molecule has 12 heteroatoms. The van der Waals surface area contributed by atoms with E-state index in [1.807, 2.05) is 6.07 Å². The van der Waals surface area contributed by atoms with Gasteiger partial charge >= 0.3 is 12.3 Å². The lowest BCUT2D eigenvalue weighted by atomic mass is 10.0. The van der Waals surface area contributed by atoms with Crippen LogP contribution in [0.4, 0.5) is 23.4 Å². The number of rotatable bonds is 11. The van der Waals surface area contributed by atoms with Gasteiger partial charge in [-0.15, -0.1) is 13.2 Å². The van der Waals surface area contributed by atoms with Gasteiger partial charge in [-0.25, -0.2) is 14.2 Å². The van der Waals surface area contributed by atoms with E-state index in [9.17, 15) is 27.5 Å². The van der Waals surface area contributed by atoms with E-state index in [0.717, 1.165) is 47.0 Å². The lowest BCUT2D eigenvalue weighted by molar-refractivity contribution is -0.275. The van der Waals surface area contributed by atoms with Gasteiger partial charge in [-0.05, 0) is 55.3 Å². The zero-order valence-electron chi connectivity index (χ0n) is 21.2. The summed E-state index contributed by atoms with van der Waals surface area (Å²) in [5.74, 6) is -2.15. The molecule has 0 saturated carbocycles. The first-order valence-corrected chi connectivity index (χ1v) is 12.7. The Hall–Kier alpha value is -4.03. The van der Waals surface area contributed by atoms with E-state index < -0.39 is 23.9 Å². The number of carboxylic acid groups (broad SMARTS) is 1. The molecular weight excluding hydrogens is 532 g/mol. The van der Waals surface area contributed by atoms with Crippen molar-refractivity contribution in [2.75, 3.05) is 31.1 Å². The van der Waals surface area contributed by atoms with Crippen LogP contribution in [0, 0.1) is 5.82 Å². The Morgan fingerprint density at radius 1 is 1.07 bits per heavy atom. The number of halogens is 4. The van der Waals surface area contributed by atoms with E-state index in [0.29, 0.717) is 43.9 Å². The largest absolute Gasteiger partial charge is 0.573 e. The predicted molar refractivity (Wildman–Crippen MR) is 140 cm³/mol. The average molecular weight is 559 g/mol. The van der Waals surface area contributed by atoms with Crippen LogP contribution in [-0.4, -0.2) is 59.8 Å². The average Bonchev–Trinajstić information content (AvgIpc) is 2.89. The summed E-state index contributed by atoms with van der Waals surface area (Å²) in [4.78, 5) is 22.5. The summed E-state index contributed by atoms with van der Waals surface area (Å²) in [6.07, 6.45) is 0.196. The molecule has 2 aromatic carbocycles. The Labute approximate surface area is 226 Å². The maximum Gasteiger partial charge on any atom is 0.573 e. The van der Waals surface area contributed by atoms with Crippen molar-refractivity contribution in [2.24, 2.45) is 0 Å². The van der Waals surface area contributed by atoms with Crippen LogP contribution in [0.15, 0.2) is 54.9 Å². The molecule has 0 spiro atoms. The Balaban J connectivity index is 1.06. The third kappa shape index (κ3) is 6.40. The first-order chi connectivity index (χ1) is 19.2. The number of carboxylic acids is 1. The number of unbranched alkanes of at least 4 members (excludes halogenated alkanes) is 1. The number of nitrogens with zero attached hydrogens (tertiary/aromatic N) is 3. The fourth-order valence-corrected chi connectivity index (χ4v) is 4.62. The Kier molecular flexibility index (Phi) is 7.99. The summed E-state index contributed by atoms with van der Waals surface area (Å²) in [5.41, 5.74) is 1.29. The van der Waals surface area contributed by atoms with Crippen LogP contribution in [0.2, 0.25) is 0 Å². The SMILES string of the molecule is O=C(O)c1ccc2c(c1)nc(N1CC(OCCCCNCc3ccc(OC(F)(F)F)c(F)c3)C1)c1ccncc12. The van der Waals surface area contributed by atoms with Crippen LogP contribution in [-0.2, 0) is 11.3 Å². The van der Waals surface area contributed by atoms with Gasteiger partial charge in [-0.1, -0.05) is 12.1 Å². The van der Waals surface area contributed by atoms with Crippen LogP contribution >= 0.6 is 0 Å². The zero-order chi connectivity index (χ0) is 28.3. The Bertz CT molecular complexity index is 1530. The molecule has 0 amide bonds. The maximum atomic E-state index is 13.8. The monoisotopic (exact) mass is 558 g/mol. The number of nitrogens with one attached hydrogen (secondary N) is 1. The van der Waals surface area contributed by atoms with E-state index in [1.165, 1.54) is 6.07 Å². The number of aromatic carboxylic acids is 1. The van der Waals surface area contributed by atoms with E-state index in [1.54, 1.807) is 30.6 Å². The molecule has 2 aromatic heterocycles. The van der Waals surface area contributed by atoms with Crippen molar-refractivity contribution < 1.29 is 36.9 Å². The molecule has 5 rings (SSSR count). The topological polar surface area (TPSA) is 96.8 Å². The number of fused-ring (bicyclic) bond motifs is 3. The van der Waals surface area contributed by atoms with Gasteiger partial charge in [-0.3, -0.25) is 4.98 Å². The van der Waals surface area contributed by atoms with Gasteiger partial charge < -0.3 is 24.8 Å². The van der Waals surface area contributed by atoms with Gasteiger partial charge in [0, 0.05) is 54.8 Å². The number of carbonyl (C=O) groups is 1. The van der Waals surface area contributed by atoms with Crippen molar-refractivity contribution in [3.8, 4) is 5.75 Å². The molecule has 2 N–H and O–H groups in total. The van der Waals surface area contributed by atoms with Gasteiger partial charge in [0.15, 0.2) is 11.6 Å².